The van der Waals surface area contributed by atoms with E-state index in [4.69, 9.17) is 15.0 Å². The van der Waals surface area contributed by atoms with E-state index in [-0.39, 0.29) is 18.4 Å². The molecular weight excluding hydrogens is 246 g/mol. The lowest BCUT2D eigenvalue weighted by atomic mass is 10.1. The molecule has 0 unspecified atom stereocenters. The largest absolute Gasteiger partial charge is 0.482 e. The third kappa shape index (κ3) is 1.81. The SMILES string of the molecule is CCN1C(=O)COc2ccc(-c3cnoc3N)cc21. The standard InChI is InChI=1S/C13H13N3O3/c1-2-16-10-5-8(9-6-15-19-13(9)14)3-4-11(10)18-7-12(16)17/h3-6H,2,7,14H2,1H3. The molecule has 1 aliphatic heterocycles. The molecule has 0 radical (unpaired) electrons. The van der Waals surface area contributed by atoms with Gasteiger partial charge in [0.05, 0.1) is 17.4 Å². The fraction of sp³-hybridized carbons (Fsp3) is 0.231. The van der Waals surface area contributed by atoms with Gasteiger partial charge in [-0.2, -0.15) is 0 Å². The first kappa shape index (κ1) is 11.6. The van der Waals surface area contributed by atoms with Crippen molar-refractivity contribution in [3.63, 3.8) is 0 Å². The summed E-state index contributed by atoms with van der Waals surface area (Å²) < 4.78 is 10.3. The van der Waals surface area contributed by atoms with E-state index in [1.165, 1.54) is 0 Å². The van der Waals surface area contributed by atoms with Crippen molar-refractivity contribution in [2.24, 2.45) is 0 Å². The van der Waals surface area contributed by atoms with Crippen molar-refractivity contribution >= 4 is 17.5 Å². The van der Waals surface area contributed by atoms with Gasteiger partial charge in [0.25, 0.3) is 5.91 Å². The van der Waals surface area contributed by atoms with Crippen LogP contribution in [0, 0.1) is 0 Å². The van der Waals surface area contributed by atoms with Crippen LogP contribution in [0.15, 0.2) is 28.9 Å². The number of nitrogens with zero attached hydrogens (tertiary/aromatic N) is 2. The number of hydrogen-bond donors (Lipinski definition) is 1. The van der Waals surface area contributed by atoms with Gasteiger partial charge >= 0.3 is 0 Å². The average molecular weight is 259 g/mol. The topological polar surface area (TPSA) is 81.6 Å². The lowest BCUT2D eigenvalue weighted by Gasteiger charge is -2.28. The maximum Gasteiger partial charge on any atom is 0.265 e. The summed E-state index contributed by atoms with van der Waals surface area (Å²) in [5.41, 5.74) is 8.00. The number of aromatic nitrogens is 1. The summed E-state index contributed by atoms with van der Waals surface area (Å²) in [6.45, 7) is 2.60. The summed E-state index contributed by atoms with van der Waals surface area (Å²) >= 11 is 0. The van der Waals surface area contributed by atoms with E-state index in [0.717, 1.165) is 11.3 Å². The molecule has 1 amide bonds. The highest BCUT2D eigenvalue weighted by Gasteiger charge is 2.25. The minimum absolute atomic E-state index is 0.0505. The lowest BCUT2D eigenvalue weighted by molar-refractivity contribution is -0.121. The van der Waals surface area contributed by atoms with Crippen LogP contribution in [0.2, 0.25) is 0 Å². The van der Waals surface area contributed by atoms with Crippen LogP contribution in [0.5, 0.6) is 5.75 Å². The highest BCUT2D eigenvalue weighted by Crippen LogP contribution is 2.37. The van der Waals surface area contributed by atoms with Crippen LogP contribution in [-0.2, 0) is 4.79 Å². The quantitative estimate of drug-likeness (QED) is 0.887. The second kappa shape index (κ2) is 4.31. The van der Waals surface area contributed by atoms with Crippen LogP contribution in [0.1, 0.15) is 6.92 Å². The van der Waals surface area contributed by atoms with Crippen LogP contribution in [0.3, 0.4) is 0 Å². The molecule has 2 N–H and O–H groups in total. The van der Waals surface area contributed by atoms with Gasteiger partial charge in [0, 0.05) is 6.54 Å². The van der Waals surface area contributed by atoms with E-state index in [0.29, 0.717) is 17.9 Å². The number of nitrogens with two attached hydrogens (primary N) is 1. The minimum atomic E-state index is -0.0505. The van der Waals surface area contributed by atoms with E-state index in [1.54, 1.807) is 11.1 Å². The smallest absolute Gasteiger partial charge is 0.265 e. The Labute approximate surface area is 109 Å². The second-order valence-corrected chi connectivity index (χ2v) is 4.21. The van der Waals surface area contributed by atoms with Crippen molar-refractivity contribution in [1.82, 2.24) is 5.16 Å². The Morgan fingerprint density at radius 1 is 1.47 bits per heavy atom. The number of ether oxygens (including phenoxy) is 1. The summed E-state index contributed by atoms with van der Waals surface area (Å²) in [6.07, 6.45) is 1.55. The summed E-state index contributed by atoms with van der Waals surface area (Å²) in [6, 6.07) is 5.55. The number of fused-ring (bicyclic) bond motifs is 1. The number of rotatable bonds is 2. The molecule has 1 aromatic carbocycles. The monoisotopic (exact) mass is 259 g/mol. The molecule has 1 aliphatic rings. The van der Waals surface area contributed by atoms with Gasteiger partial charge in [-0.3, -0.25) is 4.79 Å². The number of carbonyl (C=O) groups excluding carboxylic acids is 1. The molecule has 0 saturated carbocycles. The molecule has 19 heavy (non-hydrogen) atoms. The number of anilines is 2. The lowest BCUT2D eigenvalue weighted by Crippen LogP contribution is -2.38. The summed E-state index contributed by atoms with van der Waals surface area (Å²) in [7, 11) is 0. The summed E-state index contributed by atoms with van der Waals surface area (Å²) in [4.78, 5) is 13.5. The molecule has 2 aromatic rings. The molecule has 1 aromatic heterocycles. The first-order valence-electron chi connectivity index (χ1n) is 5.98. The number of nitrogen functional groups attached to an aromatic ring is 1. The van der Waals surface area contributed by atoms with Gasteiger partial charge in [-0.1, -0.05) is 11.2 Å². The first-order chi connectivity index (χ1) is 9.20. The van der Waals surface area contributed by atoms with E-state index in [1.807, 2.05) is 25.1 Å². The molecule has 2 heterocycles. The Morgan fingerprint density at radius 2 is 2.32 bits per heavy atom. The highest BCUT2D eigenvalue weighted by atomic mass is 16.5. The zero-order chi connectivity index (χ0) is 13.4. The zero-order valence-corrected chi connectivity index (χ0v) is 10.4. The number of hydrogen-bond acceptors (Lipinski definition) is 5. The van der Waals surface area contributed by atoms with Gasteiger partial charge < -0.3 is 19.9 Å². The van der Waals surface area contributed by atoms with E-state index in [2.05, 4.69) is 5.16 Å². The number of likely N-dealkylation sites (N-methyl/N-ethyl adjacent to an activating group) is 1. The Balaban J connectivity index is 2.10. The van der Waals surface area contributed by atoms with E-state index >= 15 is 0 Å². The van der Waals surface area contributed by atoms with E-state index in [9.17, 15) is 4.79 Å². The number of amides is 1. The molecule has 0 saturated heterocycles. The predicted molar refractivity (Wildman–Crippen MR) is 69.9 cm³/mol. The number of benzene rings is 1. The molecule has 3 rings (SSSR count). The first-order valence-corrected chi connectivity index (χ1v) is 5.98. The van der Waals surface area contributed by atoms with Crippen molar-refractivity contribution in [2.45, 2.75) is 6.92 Å². The van der Waals surface area contributed by atoms with Crippen molar-refractivity contribution in [2.75, 3.05) is 23.8 Å². The molecule has 0 bridgehead atoms. The van der Waals surface area contributed by atoms with Crippen molar-refractivity contribution < 1.29 is 14.1 Å². The second-order valence-electron chi connectivity index (χ2n) is 4.21. The van der Waals surface area contributed by atoms with Gasteiger partial charge in [-0.25, -0.2) is 0 Å². The van der Waals surface area contributed by atoms with Crippen LogP contribution in [0.25, 0.3) is 11.1 Å². The molecule has 0 spiro atoms. The highest BCUT2D eigenvalue weighted by molar-refractivity contribution is 5.98. The normalized spacial score (nSPS) is 14.2. The Morgan fingerprint density at radius 3 is 3.00 bits per heavy atom. The van der Waals surface area contributed by atoms with Gasteiger partial charge in [0.15, 0.2) is 6.61 Å². The van der Waals surface area contributed by atoms with Crippen LogP contribution >= 0.6 is 0 Å². The Hall–Kier alpha value is -2.50. The summed E-state index contributed by atoms with van der Waals surface area (Å²) in [5, 5.41) is 3.65. The molecular formula is C13H13N3O3. The maximum atomic E-state index is 11.8. The van der Waals surface area contributed by atoms with Crippen molar-refractivity contribution in [3.05, 3.63) is 24.4 Å². The molecule has 0 atom stereocenters. The molecule has 0 fully saturated rings. The fourth-order valence-electron chi connectivity index (χ4n) is 2.18. The molecule has 0 aliphatic carbocycles. The molecule has 6 nitrogen and oxygen atoms in total. The average Bonchev–Trinajstić information content (AvgIpc) is 2.84. The number of carbonyl (C=O) groups is 1. The van der Waals surface area contributed by atoms with Gasteiger partial charge in [-0.15, -0.1) is 0 Å². The van der Waals surface area contributed by atoms with Gasteiger partial charge in [0.2, 0.25) is 5.88 Å². The van der Waals surface area contributed by atoms with E-state index < -0.39 is 0 Å². The third-order valence-corrected chi connectivity index (χ3v) is 3.13. The molecule has 98 valence electrons. The van der Waals surface area contributed by atoms with Crippen molar-refractivity contribution in [3.8, 4) is 16.9 Å². The minimum Gasteiger partial charge on any atom is -0.482 e. The van der Waals surface area contributed by atoms with Crippen LogP contribution in [0.4, 0.5) is 11.6 Å². The summed E-state index contributed by atoms with van der Waals surface area (Å²) in [5.74, 6) is 0.900. The van der Waals surface area contributed by atoms with Crippen LogP contribution in [-0.4, -0.2) is 24.2 Å². The Kier molecular flexibility index (Phi) is 2.63. The van der Waals surface area contributed by atoms with Gasteiger partial charge in [-0.05, 0) is 24.6 Å². The predicted octanol–water partition coefficient (Wildman–Crippen LogP) is 1.67. The third-order valence-electron chi connectivity index (χ3n) is 3.13. The van der Waals surface area contributed by atoms with Crippen molar-refractivity contribution in [1.29, 1.82) is 0 Å². The fourth-order valence-corrected chi connectivity index (χ4v) is 2.18. The van der Waals surface area contributed by atoms with Gasteiger partial charge in [0.1, 0.15) is 5.75 Å². The molecule has 6 heteroatoms. The zero-order valence-electron chi connectivity index (χ0n) is 10.4. The van der Waals surface area contributed by atoms with Crippen LogP contribution < -0.4 is 15.4 Å². The maximum absolute atomic E-state index is 11.8. The Bertz CT molecular complexity index is 636.